The Hall–Kier alpha value is -2.86. The van der Waals surface area contributed by atoms with Crippen LogP contribution in [0.1, 0.15) is 18.1 Å². The molecule has 6 nitrogen and oxygen atoms in total. The van der Waals surface area contributed by atoms with E-state index in [4.69, 9.17) is 11.6 Å². The standard InChI is InChI=1S/C17H14ClN3O3/c1-17(12-5-3-2-4-6-12)15(23)21(16(24)20-17)19-10-11-9-13(18)7-8-14(11)22/h2-10,22H,1H3,(H,20,24)/b19-10+/t17-/m1/s1. The molecule has 0 bridgehead atoms. The number of carbonyl (C=O) groups excluding carboxylic acids is 2. The first-order valence-corrected chi connectivity index (χ1v) is 7.54. The summed E-state index contributed by atoms with van der Waals surface area (Å²) in [5.74, 6) is -0.558. The SMILES string of the molecule is C[C@]1(c2ccccc2)NC(=O)N(/N=C/c2cc(Cl)ccc2O)C1=O. The van der Waals surface area contributed by atoms with Crippen molar-refractivity contribution in [3.8, 4) is 5.75 Å². The predicted octanol–water partition coefficient (Wildman–Crippen LogP) is 2.85. The second kappa shape index (κ2) is 5.98. The molecule has 0 saturated carbocycles. The summed E-state index contributed by atoms with van der Waals surface area (Å²) in [6.07, 6.45) is 1.22. The largest absolute Gasteiger partial charge is 0.507 e. The lowest BCUT2D eigenvalue weighted by molar-refractivity contribution is -0.131. The fourth-order valence-corrected chi connectivity index (χ4v) is 2.63. The molecule has 122 valence electrons. The first-order chi connectivity index (χ1) is 11.4. The van der Waals surface area contributed by atoms with E-state index in [1.165, 1.54) is 24.4 Å². The van der Waals surface area contributed by atoms with Crippen LogP contribution in [-0.4, -0.2) is 28.3 Å². The number of phenols is 1. The number of aromatic hydroxyl groups is 1. The Morgan fingerprint density at radius 3 is 2.62 bits per heavy atom. The molecule has 0 spiro atoms. The van der Waals surface area contributed by atoms with Gasteiger partial charge in [-0.05, 0) is 30.7 Å². The van der Waals surface area contributed by atoms with E-state index in [0.29, 0.717) is 16.1 Å². The lowest BCUT2D eigenvalue weighted by atomic mass is 9.92. The number of hydrogen-bond donors (Lipinski definition) is 2. The van der Waals surface area contributed by atoms with E-state index in [1.54, 1.807) is 31.2 Å². The molecule has 1 saturated heterocycles. The number of halogens is 1. The van der Waals surface area contributed by atoms with Gasteiger partial charge in [0, 0.05) is 10.6 Å². The molecule has 24 heavy (non-hydrogen) atoms. The molecular weight excluding hydrogens is 330 g/mol. The number of nitrogens with zero attached hydrogens (tertiary/aromatic N) is 2. The number of nitrogens with one attached hydrogen (secondary N) is 1. The molecule has 2 aromatic rings. The van der Waals surface area contributed by atoms with E-state index >= 15 is 0 Å². The Morgan fingerprint density at radius 2 is 1.92 bits per heavy atom. The lowest BCUT2D eigenvalue weighted by Gasteiger charge is -2.20. The van der Waals surface area contributed by atoms with Crippen LogP contribution in [0.5, 0.6) is 5.75 Å². The maximum atomic E-state index is 12.7. The van der Waals surface area contributed by atoms with Gasteiger partial charge in [0.05, 0.1) is 6.21 Å². The number of hydrazone groups is 1. The Kier molecular flexibility index (Phi) is 3.99. The third kappa shape index (κ3) is 2.72. The Bertz CT molecular complexity index is 838. The van der Waals surface area contributed by atoms with Crippen LogP contribution in [0.2, 0.25) is 5.02 Å². The third-order valence-corrected chi connectivity index (χ3v) is 4.06. The van der Waals surface area contributed by atoms with Crippen LogP contribution in [0, 0.1) is 0 Å². The minimum Gasteiger partial charge on any atom is -0.507 e. The maximum absolute atomic E-state index is 12.7. The third-order valence-electron chi connectivity index (χ3n) is 3.82. The average molecular weight is 344 g/mol. The van der Waals surface area contributed by atoms with Crippen LogP contribution in [0.15, 0.2) is 53.6 Å². The minimum atomic E-state index is -1.19. The van der Waals surface area contributed by atoms with Gasteiger partial charge in [-0.15, -0.1) is 5.01 Å². The van der Waals surface area contributed by atoms with Crippen molar-refractivity contribution in [3.05, 3.63) is 64.7 Å². The summed E-state index contributed by atoms with van der Waals surface area (Å²) in [6, 6.07) is 12.7. The summed E-state index contributed by atoms with van der Waals surface area (Å²) in [5, 5.41) is 17.5. The molecule has 7 heteroatoms. The molecule has 0 unspecified atom stereocenters. The monoisotopic (exact) mass is 343 g/mol. The zero-order valence-corrected chi connectivity index (χ0v) is 13.5. The summed E-state index contributed by atoms with van der Waals surface area (Å²) in [6.45, 7) is 1.62. The van der Waals surface area contributed by atoms with Crippen molar-refractivity contribution in [2.45, 2.75) is 12.5 Å². The summed E-state index contributed by atoms with van der Waals surface area (Å²) >= 11 is 5.86. The number of carbonyl (C=O) groups is 2. The van der Waals surface area contributed by atoms with Crippen LogP contribution >= 0.6 is 11.6 Å². The van der Waals surface area contributed by atoms with E-state index in [-0.39, 0.29) is 5.75 Å². The smallest absolute Gasteiger partial charge is 0.346 e. The van der Waals surface area contributed by atoms with Gasteiger partial charge in [0.2, 0.25) is 0 Å². The van der Waals surface area contributed by atoms with E-state index in [1.807, 2.05) is 6.07 Å². The molecule has 1 heterocycles. The van der Waals surface area contributed by atoms with Crippen molar-refractivity contribution in [2.75, 3.05) is 0 Å². The van der Waals surface area contributed by atoms with Gasteiger partial charge in [-0.1, -0.05) is 41.9 Å². The highest BCUT2D eigenvalue weighted by atomic mass is 35.5. The number of rotatable bonds is 3. The Balaban J connectivity index is 1.90. The molecule has 0 aliphatic carbocycles. The molecule has 2 aromatic carbocycles. The van der Waals surface area contributed by atoms with Gasteiger partial charge in [0.1, 0.15) is 11.3 Å². The molecule has 1 fully saturated rings. The van der Waals surface area contributed by atoms with Crippen LogP contribution in [0.4, 0.5) is 4.79 Å². The van der Waals surface area contributed by atoms with Crippen molar-refractivity contribution in [1.29, 1.82) is 0 Å². The fourth-order valence-electron chi connectivity index (χ4n) is 2.45. The van der Waals surface area contributed by atoms with Gasteiger partial charge in [-0.3, -0.25) is 4.79 Å². The molecule has 1 aliphatic heterocycles. The van der Waals surface area contributed by atoms with Gasteiger partial charge >= 0.3 is 6.03 Å². The Morgan fingerprint density at radius 1 is 1.21 bits per heavy atom. The second-order valence-electron chi connectivity index (χ2n) is 5.49. The molecule has 2 N–H and O–H groups in total. The van der Waals surface area contributed by atoms with Crippen molar-refractivity contribution in [2.24, 2.45) is 5.10 Å². The van der Waals surface area contributed by atoms with Crippen LogP contribution in [-0.2, 0) is 10.3 Å². The first-order valence-electron chi connectivity index (χ1n) is 7.16. The molecule has 0 radical (unpaired) electrons. The van der Waals surface area contributed by atoms with Crippen LogP contribution < -0.4 is 5.32 Å². The zero-order chi connectivity index (χ0) is 17.3. The van der Waals surface area contributed by atoms with Crippen LogP contribution in [0.25, 0.3) is 0 Å². The van der Waals surface area contributed by atoms with Gasteiger partial charge in [0.25, 0.3) is 5.91 Å². The van der Waals surface area contributed by atoms with Gasteiger partial charge < -0.3 is 10.4 Å². The topological polar surface area (TPSA) is 82.0 Å². The number of urea groups is 1. The zero-order valence-electron chi connectivity index (χ0n) is 12.7. The summed E-state index contributed by atoms with van der Waals surface area (Å²) in [7, 11) is 0. The molecule has 3 amide bonds. The number of amides is 3. The normalized spacial score (nSPS) is 20.7. The van der Waals surface area contributed by atoms with Crippen molar-refractivity contribution in [1.82, 2.24) is 10.3 Å². The van der Waals surface area contributed by atoms with Crippen LogP contribution in [0.3, 0.4) is 0 Å². The highest BCUT2D eigenvalue weighted by molar-refractivity contribution is 6.30. The number of imide groups is 1. The first kappa shape index (κ1) is 16.0. The Labute approximate surface area is 143 Å². The van der Waals surface area contributed by atoms with Gasteiger partial charge in [-0.2, -0.15) is 5.10 Å². The van der Waals surface area contributed by atoms with E-state index in [9.17, 15) is 14.7 Å². The summed E-state index contributed by atoms with van der Waals surface area (Å²) in [5.41, 5.74) is -0.227. The average Bonchev–Trinajstić information content (AvgIpc) is 2.80. The number of hydrogen-bond acceptors (Lipinski definition) is 4. The number of benzene rings is 2. The molecule has 3 rings (SSSR count). The predicted molar refractivity (Wildman–Crippen MR) is 89.9 cm³/mol. The van der Waals surface area contributed by atoms with E-state index < -0.39 is 17.5 Å². The summed E-state index contributed by atoms with van der Waals surface area (Å²) in [4.78, 5) is 24.8. The quantitative estimate of drug-likeness (QED) is 0.664. The van der Waals surface area contributed by atoms with Crippen molar-refractivity contribution >= 4 is 29.8 Å². The highest BCUT2D eigenvalue weighted by Gasteiger charge is 2.49. The summed E-state index contributed by atoms with van der Waals surface area (Å²) < 4.78 is 0. The van der Waals surface area contributed by atoms with Crippen molar-refractivity contribution < 1.29 is 14.7 Å². The maximum Gasteiger partial charge on any atom is 0.346 e. The second-order valence-corrected chi connectivity index (χ2v) is 5.92. The minimum absolute atomic E-state index is 0.0546. The lowest BCUT2D eigenvalue weighted by Crippen LogP contribution is -2.40. The number of phenolic OH excluding ortho intramolecular Hbond substituents is 1. The fraction of sp³-hybridized carbons (Fsp3) is 0.118. The highest BCUT2D eigenvalue weighted by Crippen LogP contribution is 2.29. The molecule has 1 atom stereocenters. The van der Waals surface area contributed by atoms with Crippen molar-refractivity contribution in [3.63, 3.8) is 0 Å². The molecular formula is C17H14ClN3O3. The molecule has 1 aliphatic rings. The molecule has 0 aromatic heterocycles. The van der Waals surface area contributed by atoms with Gasteiger partial charge in [0.15, 0.2) is 0 Å². The van der Waals surface area contributed by atoms with E-state index in [0.717, 1.165) is 5.01 Å². The van der Waals surface area contributed by atoms with Gasteiger partial charge in [-0.25, -0.2) is 4.79 Å². The van der Waals surface area contributed by atoms with E-state index in [2.05, 4.69) is 10.4 Å².